The minimum absolute atomic E-state index is 0.0470. The molecule has 2 N–H and O–H groups in total. The zero-order chi connectivity index (χ0) is 21.9. The van der Waals surface area contributed by atoms with Crippen molar-refractivity contribution in [1.82, 2.24) is 5.32 Å². The first-order valence-electron chi connectivity index (χ1n) is 10.4. The molecule has 1 fully saturated rings. The zero-order valence-corrected chi connectivity index (χ0v) is 18.2. The summed E-state index contributed by atoms with van der Waals surface area (Å²) in [7, 11) is 0. The molecule has 0 aromatic carbocycles. The molecule has 0 aromatic rings. The Labute approximate surface area is 175 Å². The summed E-state index contributed by atoms with van der Waals surface area (Å²) < 4.78 is 0. The van der Waals surface area contributed by atoms with Crippen LogP contribution in [0.2, 0.25) is 0 Å². The van der Waals surface area contributed by atoms with Gasteiger partial charge in [0, 0.05) is 37.5 Å². The lowest BCUT2D eigenvalue weighted by Gasteiger charge is -2.26. The van der Waals surface area contributed by atoms with Gasteiger partial charge in [0.2, 0.25) is 11.8 Å². The molecule has 0 unspecified atom stereocenters. The molecule has 0 bridgehead atoms. The largest absolute Gasteiger partial charge is 0.388 e. The van der Waals surface area contributed by atoms with Gasteiger partial charge in [0.25, 0.3) is 0 Å². The second-order valence-corrected chi connectivity index (χ2v) is 8.40. The highest BCUT2D eigenvalue weighted by Crippen LogP contribution is 2.34. The minimum Gasteiger partial charge on any atom is -0.388 e. The van der Waals surface area contributed by atoms with E-state index in [1.807, 2.05) is 38.2 Å². The Bertz CT molecular complexity index is 693. The van der Waals surface area contributed by atoms with Gasteiger partial charge in [-0.2, -0.15) is 0 Å². The van der Waals surface area contributed by atoms with Crippen LogP contribution in [0.1, 0.15) is 72.6 Å². The summed E-state index contributed by atoms with van der Waals surface area (Å²) >= 11 is 0. The normalized spacial score (nSPS) is 20.7. The topological polar surface area (TPSA) is 83.5 Å². The van der Waals surface area contributed by atoms with Crippen LogP contribution in [0.5, 0.6) is 0 Å². The monoisotopic (exact) mass is 401 g/mol. The summed E-state index contributed by atoms with van der Waals surface area (Å²) in [6, 6.07) is 0. The highest BCUT2D eigenvalue weighted by Gasteiger charge is 2.32. The second kappa shape index (κ2) is 12.4. The van der Waals surface area contributed by atoms with E-state index >= 15 is 0 Å². The number of aliphatic hydroxyl groups is 1. The van der Waals surface area contributed by atoms with Crippen molar-refractivity contribution < 1.29 is 19.5 Å². The first-order valence-corrected chi connectivity index (χ1v) is 10.4. The van der Waals surface area contributed by atoms with E-state index in [2.05, 4.69) is 17.2 Å². The van der Waals surface area contributed by atoms with E-state index in [0.717, 1.165) is 12.8 Å². The molecule has 0 saturated heterocycles. The highest BCUT2D eigenvalue weighted by atomic mass is 16.3. The predicted molar refractivity (Wildman–Crippen MR) is 115 cm³/mol. The average molecular weight is 402 g/mol. The van der Waals surface area contributed by atoms with Crippen molar-refractivity contribution >= 4 is 17.6 Å². The highest BCUT2D eigenvalue weighted by molar-refractivity contribution is 5.93. The molecular weight excluding hydrogens is 366 g/mol. The van der Waals surface area contributed by atoms with Crippen molar-refractivity contribution in [3.63, 3.8) is 0 Å². The molecule has 1 saturated carbocycles. The van der Waals surface area contributed by atoms with E-state index in [-0.39, 0.29) is 34.8 Å². The summed E-state index contributed by atoms with van der Waals surface area (Å²) in [5.74, 6) is 5.67. The number of carbonyl (C=O) groups is 3. The van der Waals surface area contributed by atoms with E-state index in [0.29, 0.717) is 32.1 Å². The first-order chi connectivity index (χ1) is 13.7. The maximum absolute atomic E-state index is 12.2. The smallest absolute Gasteiger partial charge is 0.226 e. The van der Waals surface area contributed by atoms with Crippen LogP contribution in [0, 0.1) is 29.1 Å². The Morgan fingerprint density at radius 1 is 1.34 bits per heavy atom. The number of unbranched alkanes of at least 4 members (excludes halogenated alkanes) is 1. The van der Waals surface area contributed by atoms with Gasteiger partial charge >= 0.3 is 0 Å². The maximum Gasteiger partial charge on any atom is 0.226 e. The van der Waals surface area contributed by atoms with E-state index < -0.39 is 6.10 Å². The van der Waals surface area contributed by atoms with Crippen LogP contribution in [0.15, 0.2) is 24.3 Å². The quantitative estimate of drug-likeness (QED) is 0.332. The molecule has 5 nitrogen and oxygen atoms in total. The Morgan fingerprint density at radius 3 is 2.72 bits per heavy atom. The van der Waals surface area contributed by atoms with Crippen molar-refractivity contribution in [2.24, 2.45) is 17.3 Å². The number of aliphatic hydroxyl groups excluding tert-OH is 1. The molecule has 3 atom stereocenters. The molecule has 1 rings (SSSR count). The minimum atomic E-state index is -0.601. The van der Waals surface area contributed by atoms with Gasteiger partial charge in [-0.15, -0.1) is 11.8 Å². The van der Waals surface area contributed by atoms with E-state index in [1.54, 1.807) is 6.92 Å². The Balaban J connectivity index is 2.49. The molecule has 5 heteroatoms. The van der Waals surface area contributed by atoms with Crippen LogP contribution in [0.25, 0.3) is 0 Å². The molecule has 0 spiro atoms. The van der Waals surface area contributed by atoms with Crippen LogP contribution in [0.4, 0.5) is 0 Å². The Morgan fingerprint density at radius 2 is 2.07 bits per heavy atom. The first kappa shape index (κ1) is 24.8. The third-order valence-corrected chi connectivity index (χ3v) is 5.36. The Kier molecular flexibility index (Phi) is 10.6. The number of rotatable bonds is 10. The van der Waals surface area contributed by atoms with E-state index in [9.17, 15) is 19.5 Å². The number of nitrogens with one attached hydrogen (secondary N) is 1. The summed E-state index contributed by atoms with van der Waals surface area (Å²) in [5, 5.41) is 12.7. The van der Waals surface area contributed by atoms with Crippen LogP contribution < -0.4 is 5.32 Å². The number of hydrogen-bond donors (Lipinski definition) is 2. The number of ketones is 1. The predicted octanol–water partition coefficient (Wildman–Crippen LogP) is 3.72. The Hall–Kier alpha value is -2.19. The maximum atomic E-state index is 12.2. The van der Waals surface area contributed by atoms with Crippen molar-refractivity contribution in [2.45, 2.75) is 78.7 Å². The zero-order valence-electron chi connectivity index (χ0n) is 18.2. The molecule has 0 heterocycles. The van der Waals surface area contributed by atoms with E-state index in [4.69, 9.17) is 0 Å². The number of carbonyl (C=O) groups excluding carboxylic acids is 3. The van der Waals surface area contributed by atoms with Crippen LogP contribution in [-0.2, 0) is 14.4 Å². The fourth-order valence-corrected chi connectivity index (χ4v) is 3.40. The second-order valence-electron chi connectivity index (χ2n) is 8.40. The van der Waals surface area contributed by atoms with Gasteiger partial charge in [0.1, 0.15) is 5.78 Å². The van der Waals surface area contributed by atoms with Crippen molar-refractivity contribution in [3.05, 3.63) is 24.3 Å². The summed E-state index contributed by atoms with van der Waals surface area (Å²) in [6.07, 6.45) is 11.6. The lowest BCUT2D eigenvalue weighted by atomic mass is 9.82. The summed E-state index contributed by atoms with van der Waals surface area (Å²) in [5.41, 5.74) is -0.327. The van der Waals surface area contributed by atoms with Gasteiger partial charge in [0.15, 0.2) is 0 Å². The molecule has 2 amide bonds. The number of Topliss-reactive ketones (excluding diaryl/α,β-unsaturated/α-hetero) is 1. The van der Waals surface area contributed by atoms with Gasteiger partial charge in [-0.05, 0) is 38.5 Å². The van der Waals surface area contributed by atoms with Crippen molar-refractivity contribution in [2.75, 3.05) is 0 Å². The molecule has 1 aliphatic rings. The molecule has 0 aliphatic heterocycles. The molecular formula is C24H35NO4. The molecule has 1 aliphatic carbocycles. The standard InChI is InChI=1S/C24H35NO4/c1-5-6-17-24(3,4)22(28)16-14-19-13-15-21(27)20(19)11-9-7-8-10-12-23(29)25-18(2)26/h7,9,14,16,19-20,22,28H,8,10-13,15,17H2,1-4H3,(H,25,26,29)/t19-,20-,22-/m1/s1. The van der Waals surface area contributed by atoms with Gasteiger partial charge in [-0.25, -0.2) is 0 Å². The third kappa shape index (κ3) is 9.23. The van der Waals surface area contributed by atoms with Gasteiger partial charge in [-0.3, -0.25) is 19.7 Å². The SMILES string of the molecule is CC#CCC(C)(C)[C@H](O)C=C[C@H]1CCC(=O)[C@@H]1CC=CCCCC(=O)NC(C)=O. The average Bonchev–Trinajstić information content (AvgIpc) is 3.00. The fraction of sp³-hybridized carbons (Fsp3) is 0.625. The third-order valence-electron chi connectivity index (χ3n) is 5.36. The lowest BCUT2D eigenvalue weighted by Crippen LogP contribution is -2.27. The number of imide groups is 1. The molecule has 0 aromatic heterocycles. The van der Waals surface area contributed by atoms with Crippen molar-refractivity contribution in [3.8, 4) is 11.8 Å². The van der Waals surface area contributed by atoms with E-state index in [1.165, 1.54) is 6.92 Å². The summed E-state index contributed by atoms with van der Waals surface area (Å²) in [6.45, 7) is 7.09. The summed E-state index contributed by atoms with van der Waals surface area (Å²) in [4.78, 5) is 34.4. The van der Waals surface area contributed by atoms with Gasteiger partial charge < -0.3 is 5.11 Å². The molecule has 0 radical (unpaired) electrons. The van der Waals surface area contributed by atoms with Crippen LogP contribution >= 0.6 is 0 Å². The van der Waals surface area contributed by atoms with Gasteiger partial charge in [-0.1, -0.05) is 38.2 Å². The van der Waals surface area contributed by atoms with Gasteiger partial charge in [0.05, 0.1) is 6.10 Å². The van der Waals surface area contributed by atoms with Crippen LogP contribution in [0.3, 0.4) is 0 Å². The number of hydrogen-bond acceptors (Lipinski definition) is 4. The number of amides is 2. The van der Waals surface area contributed by atoms with Crippen LogP contribution in [-0.4, -0.2) is 28.8 Å². The number of allylic oxidation sites excluding steroid dienone is 3. The molecule has 29 heavy (non-hydrogen) atoms. The molecule has 160 valence electrons. The fourth-order valence-electron chi connectivity index (χ4n) is 3.40. The lowest BCUT2D eigenvalue weighted by molar-refractivity contribution is -0.129. The van der Waals surface area contributed by atoms with Crippen molar-refractivity contribution in [1.29, 1.82) is 0 Å².